The zero-order valence-electron chi connectivity index (χ0n) is 85.1. The quantitative estimate of drug-likeness (QED) is 0.0912. The number of aryl methyl sites for hydroxylation is 6. The van der Waals surface area contributed by atoms with Crippen LogP contribution in [0.5, 0.6) is 35.1 Å². The van der Waals surface area contributed by atoms with Gasteiger partial charge >= 0.3 is 0 Å². The molecule has 0 unspecified atom stereocenters. The van der Waals surface area contributed by atoms with Gasteiger partial charge in [-0.05, 0) is 266 Å². The Kier molecular flexibility index (Phi) is 41.1. The molecule has 15 heteroatoms. The van der Waals surface area contributed by atoms with Crippen molar-refractivity contribution in [2.24, 2.45) is 0 Å². The molecule has 0 radical (unpaired) electrons. The third kappa shape index (κ3) is 39.8. The summed E-state index contributed by atoms with van der Waals surface area (Å²) in [4.78, 5) is 25.4. The molecule has 0 saturated heterocycles. The topological polar surface area (TPSA) is 133 Å². The summed E-state index contributed by atoms with van der Waals surface area (Å²) in [7, 11) is 1.66. The molecule has 0 saturated carbocycles. The van der Waals surface area contributed by atoms with Crippen LogP contribution in [0, 0.1) is 60.1 Å². The number of benzene rings is 7. The first-order chi connectivity index (χ1) is 61.5. The number of pyridine rings is 6. The highest BCUT2D eigenvalue weighted by atomic mass is 35.5. The minimum absolute atomic E-state index is 0.0437. The van der Waals surface area contributed by atoms with Gasteiger partial charge in [0.15, 0.2) is 0 Å². The second-order valence-corrected chi connectivity index (χ2v) is 42.3. The molecule has 6 heterocycles. The summed E-state index contributed by atoms with van der Waals surface area (Å²) in [5, 5.41) is 0.782. The Morgan fingerprint density at radius 2 is 0.553 bits per heavy atom. The molecule has 0 N–H and O–H groups in total. The molecule has 132 heavy (non-hydrogen) atoms. The SMILES string of the molecule is CC(C)(C)c1cccc(F)c1.COc1cccc(COc2cc(C(C)(C)C)ccn2)c1.Cc1cc(C(C)(C)C)ccn1.Cc1cc(COc2cc(C(C)(C)C)ccn2)cc(Cl)c1C.Cc1cc(COc2cc(C(C)(C)C)ccn2)ccc1F.Cc1ccc(COc2cc(C(C)(C)C)ccn2)cc1.Cc1ccc(COc2cc(C(C)(C)C)ccn2)cc1.Cc1cccc(C(C)(C)C)c1. The van der Waals surface area contributed by atoms with Gasteiger partial charge in [-0.1, -0.05) is 304 Å². The zero-order chi connectivity index (χ0) is 98.2. The van der Waals surface area contributed by atoms with Crippen molar-refractivity contribution in [3.05, 3.63) is 390 Å². The fraction of sp³-hybridized carbons (Fsp3) is 0.385. The van der Waals surface area contributed by atoms with E-state index in [1.807, 2.05) is 129 Å². The van der Waals surface area contributed by atoms with Crippen molar-refractivity contribution in [2.45, 2.75) is 291 Å². The highest BCUT2D eigenvalue weighted by molar-refractivity contribution is 6.31. The second kappa shape index (κ2) is 49.8. The molecular weight excluding hydrogens is 1660 g/mol. The number of methoxy groups -OCH3 is 1. The molecular formula is C117H149ClF2N6O6. The summed E-state index contributed by atoms with van der Waals surface area (Å²) < 4.78 is 59.9. The fourth-order valence-corrected chi connectivity index (χ4v) is 12.8. The Hall–Kier alpha value is -11.6. The standard InChI is InChI=1S/C18H22ClNO.C17H20FNO.C17H21NO2.2C17H21NO.C11H16.C10H13F.C10H15N/c1-12-8-14(9-16(19)13(12)2)11-21-17-10-15(6-7-20-17)18(3,4)5;1-12-9-13(5-6-15(12)18)11-20-16-10-14(7-8-19-16)17(2,3)4;1-17(2,3)14-8-9-18-16(11-14)20-12-13-6-5-7-15(10-13)19-4;2*1-13-5-7-14(8-6-13)12-19-16-11-15(9-10-18-16)17(2,3)4;1-9-6-5-7-10(8-9)11(2,3)4;1-10(2,3)8-5-4-6-9(11)7-8;1-8-7-9(5-6-11-8)10(2,3)4/h6-10H,11H2,1-5H3;5-10H,11H2,1-4H3;5-11H,12H2,1-4H3;2*5-11H,12H2,1-4H3;5-8H,1-4H3;4-7H,1-3H3;5-7H,1-4H3. The molecule has 0 aliphatic rings. The van der Waals surface area contributed by atoms with Gasteiger partial charge in [-0.2, -0.15) is 0 Å². The van der Waals surface area contributed by atoms with E-state index in [1.165, 1.54) is 73.3 Å². The first kappa shape index (κ1) is 109. The predicted octanol–water partition coefficient (Wildman–Crippen LogP) is 31.2. The van der Waals surface area contributed by atoms with E-state index >= 15 is 0 Å². The third-order valence-corrected chi connectivity index (χ3v) is 21.9. The molecule has 0 spiro atoms. The Labute approximate surface area is 796 Å². The van der Waals surface area contributed by atoms with Gasteiger partial charge in [0.25, 0.3) is 0 Å². The number of hydrogen-bond donors (Lipinski definition) is 0. The molecule has 0 aliphatic carbocycles. The van der Waals surface area contributed by atoms with E-state index < -0.39 is 0 Å². The molecule has 6 aromatic heterocycles. The van der Waals surface area contributed by atoms with Crippen LogP contribution in [-0.2, 0) is 76.4 Å². The molecule has 0 aliphatic heterocycles. The first-order valence-electron chi connectivity index (χ1n) is 45.5. The second-order valence-electron chi connectivity index (χ2n) is 41.8. The van der Waals surface area contributed by atoms with Gasteiger partial charge in [-0.3, -0.25) is 4.98 Å². The highest BCUT2D eigenvalue weighted by Crippen LogP contribution is 2.33. The largest absolute Gasteiger partial charge is 0.497 e. The molecule has 0 fully saturated rings. The monoisotopic (exact) mass is 1810 g/mol. The number of nitrogens with zero attached hydrogens (tertiary/aromatic N) is 6. The lowest BCUT2D eigenvalue weighted by atomic mass is 9.86. The number of ether oxygens (including phenoxy) is 6. The van der Waals surface area contributed by atoms with Gasteiger partial charge in [0.05, 0.1) is 7.11 Å². The predicted molar refractivity (Wildman–Crippen MR) is 546 cm³/mol. The van der Waals surface area contributed by atoms with E-state index in [4.69, 9.17) is 40.0 Å². The van der Waals surface area contributed by atoms with E-state index in [9.17, 15) is 8.78 Å². The van der Waals surface area contributed by atoms with Gasteiger partial charge in [-0.25, -0.2) is 33.7 Å². The summed E-state index contributed by atoms with van der Waals surface area (Å²) in [5.74, 6) is 3.76. The maximum Gasteiger partial charge on any atom is 0.213 e. The van der Waals surface area contributed by atoms with Crippen LogP contribution < -0.4 is 28.4 Å². The van der Waals surface area contributed by atoms with Crippen molar-refractivity contribution in [3.63, 3.8) is 0 Å². The van der Waals surface area contributed by atoms with E-state index in [-0.39, 0.29) is 55.0 Å². The van der Waals surface area contributed by atoms with E-state index in [0.29, 0.717) is 68.0 Å². The van der Waals surface area contributed by atoms with Crippen LogP contribution in [0.25, 0.3) is 0 Å². The summed E-state index contributed by atoms with van der Waals surface area (Å²) in [6, 6.07) is 73.4. The molecule has 13 aromatic rings. The van der Waals surface area contributed by atoms with Crippen LogP contribution in [-0.4, -0.2) is 37.0 Å². The van der Waals surface area contributed by atoms with Gasteiger partial charge in [0.2, 0.25) is 29.4 Å². The molecule has 0 bridgehead atoms. The van der Waals surface area contributed by atoms with Crippen LogP contribution in [0.1, 0.15) is 278 Å². The number of rotatable bonds is 16. The van der Waals surface area contributed by atoms with Crippen molar-refractivity contribution in [1.82, 2.24) is 29.9 Å². The molecule has 0 atom stereocenters. The molecule has 704 valence electrons. The van der Waals surface area contributed by atoms with Crippen molar-refractivity contribution < 1.29 is 37.2 Å². The molecule has 0 amide bonds. The minimum Gasteiger partial charge on any atom is -0.497 e. The number of hydrogen-bond acceptors (Lipinski definition) is 12. The number of aromatic nitrogens is 6. The van der Waals surface area contributed by atoms with E-state index in [2.05, 4.69) is 315 Å². The van der Waals surface area contributed by atoms with Gasteiger partial charge in [0, 0.05) is 78.2 Å². The van der Waals surface area contributed by atoms with Crippen molar-refractivity contribution in [3.8, 4) is 35.1 Å². The third-order valence-electron chi connectivity index (χ3n) is 21.5. The summed E-state index contributed by atoms with van der Waals surface area (Å²) in [6.45, 7) is 68.8. The molecule has 13 rings (SSSR count). The minimum atomic E-state index is -0.193. The maximum absolute atomic E-state index is 13.2. The van der Waals surface area contributed by atoms with Crippen molar-refractivity contribution in [2.75, 3.05) is 7.11 Å². The first-order valence-corrected chi connectivity index (χ1v) is 45.9. The molecule has 12 nitrogen and oxygen atoms in total. The van der Waals surface area contributed by atoms with Gasteiger partial charge < -0.3 is 28.4 Å². The lowest BCUT2D eigenvalue weighted by Gasteiger charge is -2.19. The Morgan fingerprint density at radius 1 is 0.258 bits per heavy atom. The molecule has 7 aromatic carbocycles. The smallest absolute Gasteiger partial charge is 0.213 e. The van der Waals surface area contributed by atoms with Crippen LogP contribution in [0.4, 0.5) is 8.78 Å². The highest BCUT2D eigenvalue weighted by Gasteiger charge is 2.22. The van der Waals surface area contributed by atoms with Crippen LogP contribution in [0.3, 0.4) is 0 Å². The fourth-order valence-electron chi connectivity index (χ4n) is 12.5. The zero-order valence-corrected chi connectivity index (χ0v) is 85.9. The van der Waals surface area contributed by atoms with Gasteiger partial charge in [0.1, 0.15) is 50.4 Å². The average Bonchev–Trinajstić information content (AvgIpc) is 0.831. The van der Waals surface area contributed by atoms with Crippen LogP contribution in [0.2, 0.25) is 5.02 Å². The number of halogens is 3. The maximum atomic E-state index is 13.2. The lowest BCUT2D eigenvalue weighted by Crippen LogP contribution is -2.11. The summed E-state index contributed by atoms with van der Waals surface area (Å²) in [5.41, 5.74) is 24.2. The van der Waals surface area contributed by atoms with Gasteiger partial charge in [-0.15, -0.1) is 0 Å². The normalized spacial score (nSPS) is 11.4. The Balaban J connectivity index is 0.000000235. The van der Waals surface area contributed by atoms with E-state index in [0.717, 1.165) is 55.4 Å². The lowest BCUT2D eigenvalue weighted by molar-refractivity contribution is 0.292. The van der Waals surface area contributed by atoms with Crippen LogP contribution >= 0.6 is 11.6 Å². The van der Waals surface area contributed by atoms with Crippen molar-refractivity contribution in [1.29, 1.82) is 0 Å². The Morgan fingerprint density at radius 3 is 0.856 bits per heavy atom. The van der Waals surface area contributed by atoms with E-state index in [1.54, 1.807) is 56.9 Å². The van der Waals surface area contributed by atoms with Crippen LogP contribution in [0.15, 0.2) is 262 Å². The Bertz CT molecular complexity index is 5440. The average molecular weight is 1810 g/mol. The summed E-state index contributed by atoms with van der Waals surface area (Å²) in [6.07, 6.45) is 10.8. The summed E-state index contributed by atoms with van der Waals surface area (Å²) >= 11 is 6.21. The van der Waals surface area contributed by atoms with Crippen molar-refractivity contribution >= 4 is 11.6 Å².